The Bertz CT molecular complexity index is 1810. The van der Waals surface area contributed by atoms with E-state index in [9.17, 15) is 9.18 Å². The van der Waals surface area contributed by atoms with E-state index < -0.39 is 17.7 Å². The Morgan fingerprint density at radius 2 is 1.98 bits per heavy atom. The molecule has 11 heteroatoms. The predicted molar refractivity (Wildman–Crippen MR) is 168 cm³/mol. The van der Waals surface area contributed by atoms with Gasteiger partial charge in [-0.25, -0.2) is 15.4 Å². The number of fused-ring (bicyclic) bond motifs is 2. The third-order valence-electron chi connectivity index (χ3n) is 8.61. The van der Waals surface area contributed by atoms with E-state index in [0.29, 0.717) is 53.8 Å². The van der Waals surface area contributed by atoms with Crippen LogP contribution in [0.3, 0.4) is 0 Å². The molecule has 3 heterocycles. The molecule has 2 aliphatic rings. The first-order chi connectivity index (χ1) is 21.3. The molecule has 44 heavy (non-hydrogen) atoms. The summed E-state index contributed by atoms with van der Waals surface area (Å²) in [5.41, 5.74) is 0.711. The second-order valence-electron chi connectivity index (χ2n) is 11.2. The first kappa shape index (κ1) is 29.7. The Balaban J connectivity index is 1.47. The van der Waals surface area contributed by atoms with Gasteiger partial charge in [-0.3, -0.25) is 4.79 Å². The van der Waals surface area contributed by atoms with E-state index in [0.717, 1.165) is 19.4 Å². The largest absolute Gasteiger partial charge is 0.462 e. The standard InChI is InChI=1S/C33H31ClF2N6O2/c1-4-27(43)42-16-15-41(18-22(42)17-37-2)32-25-12-11-24(23-9-5-7-20-10-13-26(35)29(34)28(20)23)30(36)31(25)38-33(39-32)44-19-21-8-6-14-40(21)3/h4-5,7,9-13,21-22H,1,6,8,14-19H2,3H3/t21-,22-/m0/s1. The number of ether oxygens (including phenoxy) is 1. The van der Waals surface area contributed by atoms with E-state index in [1.165, 1.54) is 12.1 Å². The number of amides is 1. The van der Waals surface area contributed by atoms with Gasteiger partial charge < -0.3 is 24.3 Å². The molecule has 2 saturated heterocycles. The van der Waals surface area contributed by atoms with Crippen LogP contribution in [-0.2, 0) is 4.79 Å². The molecule has 0 bridgehead atoms. The molecule has 0 aliphatic carbocycles. The number of piperazine rings is 1. The Kier molecular flexibility index (Phi) is 8.34. The van der Waals surface area contributed by atoms with Crippen LogP contribution in [-0.4, -0.2) is 84.1 Å². The fourth-order valence-electron chi connectivity index (χ4n) is 6.25. The van der Waals surface area contributed by atoms with Crippen molar-refractivity contribution < 1.29 is 18.3 Å². The summed E-state index contributed by atoms with van der Waals surface area (Å²) < 4.78 is 37.3. The quantitative estimate of drug-likeness (QED) is 0.188. The topological polar surface area (TPSA) is 66.2 Å². The first-order valence-corrected chi connectivity index (χ1v) is 14.9. The van der Waals surface area contributed by atoms with Gasteiger partial charge in [0.15, 0.2) is 5.82 Å². The average Bonchev–Trinajstić information content (AvgIpc) is 3.45. The van der Waals surface area contributed by atoms with Crippen LogP contribution in [0.1, 0.15) is 12.8 Å². The summed E-state index contributed by atoms with van der Waals surface area (Å²) in [6, 6.07) is 11.4. The highest BCUT2D eigenvalue weighted by Gasteiger charge is 2.33. The van der Waals surface area contributed by atoms with Crippen LogP contribution < -0.4 is 9.64 Å². The van der Waals surface area contributed by atoms with E-state index in [1.54, 1.807) is 41.3 Å². The second-order valence-corrected chi connectivity index (χ2v) is 11.6. The number of anilines is 1. The lowest BCUT2D eigenvalue weighted by atomic mass is 9.96. The summed E-state index contributed by atoms with van der Waals surface area (Å²) in [5.74, 6) is -0.984. The minimum Gasteiger partial charge on any atom is -0.462 e. The molecule has 0 saturated carbocycles. The Hall–Kier alpha value is -4.33. The normalized spacial score (nSPS) is 19.0. The van der Waals surface area contributed by atoms with E-state index in [1.807, 2.05) is 11.9 Å². The van der Waals surface area contributed by atoms with Crippen LogP contribution in [0.15, 0.2) is 55.1 Å². The molecule has 2 fully saturated rings. The Morgan fingerprint density at radius 1 is 1.14 bits per heavy atom. The number of nitrogens with zero attached hydrogens (tertiary/aromatic N) is 6. The summed E-state index contributed by atoms with van der Waals surface area (Å²) in [7, 11) is 2.04. The van der Waals surface area contributed by atoms with Crippen LogP contribution in [0.2, 0.25) is 5.02 Å². The van der Waals surface area contributed by atoms with Crippen molar-refractivity contribution in [2.45, 2.75) is 24.9 Å². The molecule has 6 rings (SSSR count). The number of likely N-dealkylation sites (N-methyl/N-ethyl adjacent to an activating group) is 1. The molecular weight excluding hydrogens is 586 g/mol. The van der Waals surface area contributed by atoms with E-state index >= 15 is 4.39 Å². The highest BCUT2D eigenvalue weighted by atomic mass is 35.5. The zero-order valence-corrected chi connectivity index (χ0v) is 25.0. The maximum Gasteiger partial charge on any atom is 0.319 e. The number of benzene rings is 3. The number of carbonyl (C=O) groups excluding carboxylic acids is 1. The van der Waals surface area contributed by atoms with Crippen LogP contribution in [0.25, 0.3) is 37.6 Å². The Morgan fingerprint density at radius 3 is 2.73 bits per heavy atom. The maximum absolute atomic E-state index is 16.6. The number of rotatable bonds is 7. The van der Waals surface area contributed by atoms with Gasteiger partial charge in [-0.1, -0.05) is 48.5 Å². The molecule has 4 aromatic rings. The van der Waals surface area contributed by atoms with Gasteiger partial charge >= 0.3 is 6.01 Å². The Labute approximate surface area is 259 Å². The molecule has 1 aromatic heterocycles. The molecule has 0 spiro atoms. The summed E-state index contributed by atoms with van der Waals surface area (Å²) in [6.45, 7) is 13.5. The van der Waals surface area contributed by atoms with Gasteiger partial charge in [0.05, 0.1) is 5.02 Å². The lowest BCUT2D eigenvalue weighted by molar-refractivity contribution is -0.128. The molecule has 0 unspecified atom stereocenters. The molecule has 1 amide bonds. The lowest BCUT2D eigenvalue weighted by Gasteiger charge is -2.39. The maximum atomic E-state index is 16.6. The van der Waals surface area contributed by atoms with E-state index in [-0.39, 0.29) is 40.6 Å². The van der Waals surface area contributed by atoms with Gasteiger partial charge in [0.1, 0.15) is 29.8 Å². The van der Waals surface area contributed by atoms with E-state index in [2.05, 4.69) is 21.3 Å². The molecule has 0 N–H and O–H groups in total. The first-order valence-electron chi connectivity index (χ1n) is 14.5. The van der Waals surface area contributed by atoms with Crippen molar-refractivity contribution in [3.63, 3.8) is 0 Å². The monoisotopic (exact) mass is 616 g/mol. The minimum atomic E-state index is -0.611. The van der Waals surface area contributed by atoms with Crippen molar-refractivity contribution in [1.29, 1.82) is 0 Å². The highest BCUT2D eigenvalue weighted by molar-refractivity contribution is 6.37. The van der Waals surface area contributed by atoms with Crippen molar-refractivity contribution in [2.24, 2.45) is 0 Å². The van der Waals surface area contributed by atoms with E-state index in [4.69, 9.17) is 27.9 Å². The summed E-state index contributed by atoms with van der Waals surface area (Å²) in [6.07, 6.45) is 3.29. The van der Waals surface area contributed by atoms with Crippen LogP contribution in [0, 0.1) is 18.2 Å². The lowest BCUT2D eigenvalue weighted by Crippen LogP contribution is -2.56. The third-order valence-corrected chi connectivity index (χ3v) is 8.98. The number of aromatic nitrogens is 2. The van der Waals surface area contributed by atoms with Crippen molar-refractivity contribution >= 4 is 45.0 Å². The molecule has 8 nitrogen and oxygen atoms in total. The molecule has 226 valence electrons. The van der Waals surface area contributed by atoms with Crippen LogP contribution in [0.4, 0.5) is 14.6 Å². The zero-order chi connectivity index (χ0) is 31.0. The molecule has 3 aromatic carbocycles. The average molecular weight is 617 g/mol. The number of halogens is 3. The van der Waals surface area contributed by atoms with Gasteiger partial charge in [0.2, 0.25) is 12.5 Å². The van der Waals surface area contributed by atoms with Gasteiger partial charge in [-0.2, -0.15) is 9.97 Å². The van der Waals surface area contributed by atoms with Gasteiger partial charge in [0.25, 0.3) is 0 Å². The van der Waals surface area contributed by atoms with Crippen LogP contribution >= 0.6 is 11.6 Å². The molecule has 2 aliphatic heterocycles. The van der Waals surface area contributed by atoms with Crippen molar-refractivity contribution in [2.75, 3.05) is 51.3 Å². The van der Waals surface area contributed by atoms with Crippen molar-refractivity contribution in [3.8, 4) is 17.1 Å². The predicted octanol–water partition coefficient (Wildman–Crippen LogP) is 5.98. The number of likely N-dealkylation sites (tertiary alicyclic amines) is 1. The van der Waals surface area contributed by atoms with Crippen LogP contribution in [0.5, 0.6) is 6.01 Å². The number of hydrogen-bond acceptors (Lipinski definition) is 6. The number of hydrogen-bond donors (Lipinski definition) is 0. The third kappa shape index (κ3) is 5.42. The fourth-order valence-corrected chi connectivity index (χ4v) is 6.52. The SMILES string of the molecule is [C-]#[N+]C[C@H]1CN(c2nc(OC[C@@H]3CCCN3C)nc3c(F)c(-c4cccc5ccc(F)c(Cl)c45)ccc23)CCN1C(=O)C=C. The highest BCUT2D eigenvalue weighted by Crippen LogP contribution is 2.39. The van der Waals surface area contributed by atoms with Crippen molar-refractivity contribution in [1.82, 2.24) is 19.8 Å². The van der Waals surface area contributed by atoms with Crippen molar-refractivity contribution in [3.05, 3.63) is 83.2 Å². The minimum absolute atomic E-state index is 0.0390. The molecular formula is C33H31ClF2N6O2. The van der Waals surface area contributed by atoms with Gasteiger partial charge in [-0.15, -0.1) is 0 Å². The summed E-state index contributed by atoms with van der Waals surface area (Å²) in [5, 5.41) is 1.47. The smallest absolute Gasteiger partial charge is 0.319 e. The summed E-state index contributed by atoms with van der Waals surface area (Å²) >= 11 is 6.39. The zero-order valence-electron chi connectivity index (χ0n) is 24.3. The van der Waals surface area contributed by atoms with Gasteiger partial charge in [-0.05, 0) is 55.6 Å². The molecule has 2 atom stereocenters. The second kappa shape index (κ2) is 12.3. The fraction of sp³-hybridized carbons (Fsp3) is 0.333. The molecule has 0 radical (unpaired) electrons. The van der Waals surface area contributed by atoms with Gasteiger partial charge in [0, 0.05) is 42.0 Å². The summed E-state index contributed by atoms with van der Waals surface area (Å²) in [4.78, 5) is 31.2. The number of carbonyl (C=O) groups is 1.